The first-order valence-corrected chi connectivity index (χ1v) is 8.20. The number of aryl methyl sites for hydroxylation is 1. The van der Waals surface area contributed by atoms with Crippen molar-refractivity contribution in [2.24, 2.45) is 5.92 Å². The molecule has 1 aliphatic rings. The average molecular weight is 343 g/mol. The predicted molar refractivity (Wildman–Crippen MR) is 87.0 cm³/mol. The third-order valence-corrected chi connectivity index (χ3v) is 4.47. The van der Waals surface area contributed by atoms with Gasteiger partial charge in [0.05, 0.1) is 6.07 Å². The molecule has 2 aromatic rings. The molecule has 1 aromatic carbocycles. The van der Waals surface area contributed by atoms with Crippen molar-refractivity contribution < 1.29 is 14.1 Å². The van der Waals surface area contributed by atoms with Crippen molar-refractivity contribution in [1.82, 2.24) is 5.16 Å². The predicted octanol–water partition coefficient (Wildman–Crippen LogP) is 3.80. The first-order chi connectivity index (χ1) is 11.6. The number of nitriles is 1. The van der Waals surface area contributed by atoms with Crippen molar-refractivity contribution in [2.45, 2.75) is 32.1 Å². The number of carbonyl (C=O) groups is 2. The van der Waals surface area contributed by atoms with Gasteiger partial charge in [-0.25, -0.2) is 0 Å². The molecule has 0 fully saturated rings. The second-order valence-electron chi connectivity index (χ2n) is 5.79. The molecule has 1 aromatic heterocycles. The molecular weight excluding hydrogens is 328 g/mol. The van der Waals surface area contributed by atoms with Crippen LogP contribution in [0.15, 0.2) is 28.8 Å². The molecule has 1 heterocycles. The van der Waals surface area contributed by atoms with E-state index in [2.05, 4.69) is 5.16 Å². The molecule has 0 radical (unpaired) electrons. The minimum absolute atomic E-state index is 0.126. The summed E-state index contributed by atoms with van der Waals surface area (Å²) < 4.78 is 5.28. The zero-order valence-electron chi connectivity index (χ0n) is 12.9. The van der Waals surface area contributed by atoms with Crippen LogP contribution in [0.1, 0.15) is 51.4 Å². The molecule has 0 aliphatic heterocycles. The Morgan fingerprint density at radius 3 is 2.54 bits per heavy atom. The minimum Gasteiger partial charge on any atom is -0.360 e. The lowest BCUT2D eigenvalue weighted by atomic mass is 9.91. The highest BCUT2D eigenvalue weighted by Gasteiger charge is 2.33. The van der Waals surface area contributed by atoms with Crippen molar-refractivity contribution in [3.05, 3.63) is 51.9 Å². The fraction of sp³-hybridized carbons (Fsp3) is 0.333. The average Bonchev–Trinajstić information content (AvgIpc) is 2.84. The quantitative estimate of drug-likeness (QED) is 0.479. The van der Waals surface area contributed by atoms with Crippen LogP contribution in [0.3, 0.4) is 0 Å². The van der Waals surface area contributed by atoms with Gasteiger partial charge in [-0.1, -0.05) is 23.2 Å². The Balaban J connectivity index is 1.90. The van der Waals surface area contributed by atoms with Crippen LogP contribution in [0, 0.1) is 17.2 Å². The number of fused-ring (bicyclic) bond motifs is 1. The van der Waals surface area contributed by atoms with Crippen molar-refractivity contribution in [3.8, 4) is 6.07 Å². The summed E-state index contributed by atoms with van der Waals surface area (Å²) in [5, 5.41) is 13.7. The number of hydrogen-bond donors (Lipinski definition) is 0. The Kier molecular flexibility index (Phi) is 4.77. The number of benzene rings is 1. The van der Waals surface area contributed by atoms with E-state index in [1.807, 2.05) is 6.07 Å². The smallest absolute Gasteiger partial charge is 0.210 e. The third kappa shape index (κ3) is 3.10. The van der Waals surface area contributed by atoms with Gasteiger partial charge in [0, 0.05) is 22.6 Å². The lowest BCUT2D eigenvalue weighted by Crippen LogP contribution is -2.24. The number of rotatable bonds is 4. The summed E-state index contributed by atoms with van der Waals surface area (Å²) in [6.45, 7) is 0. The third-order valence-electron chi connectivity index (χ3n) is 4.22. The van der Waals surface area contributed by atoms with Crippen LogP contribution < -0.4 is 0 Å². The Morgan fingerprint density at radius 1 is 1.12 bits per heavy atom. The Bertz CT molecular complexity index is 818. The standard InChI is InChI=1S/C18H15ClN2O3/c19-12-8-6-11(7-9-12)17(22)14(10-20)18(23)16-13-4-2-1-3-5-15(13)24-21-16/h6-9,14H,1-5H2. The van der Waals surface area contributed by atoms with E-state index >= 15 is 0 Å². The molecule has 24 heavy (non-hydrogen) atoms. The molecule has 0 amide bonds. The normalized spacial score (nSPS) is 15.0. The second kappa shape index (κ2) is 6.98. The van der Waals surface area contributed by atoms with E-state index in [0.29, 0.717) is 17.2 Å². The summed E-state index contributed by atoms with van der Waals surface area (Å²) in [4.78, 5) is 25.2. The summed E-state index contributed by atoms with van der Waals surface area (Å²) >= 11 is 5.80. The van der Waals surface area contributed by atoms with Gasteiger partial charge in [-0.05, 0) is 43.5 Å². The van der Waals surface area contributed by atoms with Crippen molar-refractivity contribution in [2.75, 3.05) is 0 Å². The molecule has 122 valence electrons. The van der Waals surface area contributed by atoms with Gasteiger partial charge in [0.25, 0.3) is 0 Å². The van der Waals surface area contributed by atoms with E-state index in [1.54, 1.807) is 12.1 Å². The highest BCUT2D eigenvalue weighted by molar-refractivity contribution is 6.30. The summed E-state index contributed by atoms with van der Waals surface area (Å²) in [7, 11) is 0. The fourth-order valence-corrected chi connectivity index (χ4v) is 3.04. The van der Waals surface area contributed by atoms with Crippen molar-refractivity contribution in [3.63, 3.8) is 0 Å². The summed E-state index contributed by atoms with van der Waals surface area (Å²) in [5.41, 5.74) is 1.15. The number of ketones is 2. The monoisotopic (exact) mass is 342 g/mol. The lowest BCUT2D eigenvalue weighted by Gasteiger charge is -2.07. The van der Waals surface area contributed by atoms with Crippen molar-refractivity contribution in [1.29, 1.82) is 5.26 Å². The molecule has 0 saturated heterocycles. The maximum absolute atomic E-state index is 12.7. The largest absolute Gasteiger partial charge is 0.360 e. The van der Waals surface area contributed by atoms with Crippen LogP contribution in [0.4, 0.5) is 0 Å². The van der Waals surface area contributed by atoms with E-state index in [4.69, 9.17) is 16.1 Å². The van der Waals surface area contributed by atoms with Gasteiger partial charge in [-0.2, -0.15) is 5.26 Å². The number of carbonyl (C=O) groups excluding carboxylic acids is 2. The topological polar surface area (TPSA) is 84.0 Å². The number of hydrogen-bond acceptors (Lipinski definition) is 5. The summed E-state index contributed by atoms with van der Waals surface area (Å²) in [6.07, 6.45) is 4.41. The Labute approximate surface area is 144 Å². The van der Waals surface area contributed by atoms with Crippen LogP contribution >= 0.6 is 11.6 Å². The maximum atomic E-state index is 12.7. The lowest BCUT2D eigenvalue weighted by molar-refractivity contribution is 0.0840. The number of Topliss-reactive ketones (excluding diaryl/α,β-unsaturated/α-hetero) is 2. The van der Waals surface area contributed by atoms with E-state index in [-0.39, 0.29) is 11.3 Å². The first-order valence-electron chi connectivity index (χ1n) is 7.83. The SMILES string of the molecule is N#CC(C(=O)c1ccc(Cl)cc1)C(=O)c1noc2c1CCCCC2. The molecule has 0 N–H and O–H groups in total. The summed E-state index contributed by atoms with van der Waals surface area (Å²) in [5.74, 6) is -1.87. The van der Waals surface area contributed by atoms with E-state index in [0.717, 1.165) is 31.2 Å². The molecule has 1 aliphatic carbocycles. The first kappa shape index (κ1) is 16.4. The maximum Gasteiger partial charge on any atom is 0.210 e. The van der Waals surface area contributed by atoms with E-state index in [9.17, 15) is 14.9 Å². The summed E-state index contributed by atoms with van der Waals surface area (Å²) in [6, 6.07) is 7.93. The highest BCUT2D eigenvalue weighted by Crippen LogP contribution is 2.26. The molecule has 3 rings (SSSR count). The van der Waals surface area contributed by atoms with Crippen LogP contribution in [0.5, 0.6) is 0 Å². The van der Waals surface area contributed by atoms with Gasteiger partial charge in [0.1, 0.15) is 5.76 Å². The van der Waals surface area contributed by atoms with Crippen LogP contribution in [-0.4, -0.2) is 16.7 Å². The van der Waals surface area contributed by atoms with Gasteiger partial charge in [0.2, 0.25) is 5.78 Å². The van der Waals surface area contributed by atoms with Gasteiger partial charge in [-0.3, -0.25) is 9.59 Å². The zero-order chi connectivity index (χ0) is 17.1. The number of nitrogens with zero attached hydrogens (tertiary/aromatic N) is 2. The molecule has 0 spiro atoms. The van der Waals surface area contributed by atoms with Gasteiger partial charge >= 0.3 is 0 Å². The van der Waals surface area contributed by atoms with Gasteiger partial charge in [-0.15, -0.1) is 0 Å². The molecule has 0 bridgehead atoms. The molecule has 5 nitrogen and oxygen atoms in total. The Morgan fingerprint density at radius 2 is 1.83 bits per heavy atom. The van der Waals surface area contributed by atoms with E-state index < -0.39 is 17.5 Å². The van der Waals surface area contributed by atoms with Crippen LogP contribution in [-0.2, 0) is 12.8 Å². The minimum atomic E-state index is -1.43. The molecule has 6 heteroatoms. The molecule has 1 unspecified atom stereocenters. The second-order valence-corrected chi connectivity index (χ2v) is 6.23. The highest BCUT2D eigenvalue weighted by atomic mass is 35.5. The van der Waals surface area contributed by atoms with Gasteiger partial charge < -0.3 is 4.52 Å². The molecular formula is C18H15ClN2O3. The van der Waals surface area contributed by atoms with E-state index in [1.165, 1.54) is 12.1 Å². The number of aromatic nitrogens is 1. The van der Waals surface area contributed by atoms with Gasteiger partial charge in [0.15, 0.2) is 17.4 Å². The molecule has 0 saturated carbocycles. The number of halogens is 1. The van der Waals surface area contributed by atoms with Crippen molar-refractivity contribution >= 4 is 23.2 Å². The molecule has 1 atom stereocenters. The zero-order valence-corrected chi connectivity index (χ0v) is 13.7. The van der Waals surface area contributed by atoms with Crippen LogP contribution in [0.25, 0.3) is 0 Å². The fourth-order valence-electron chi connectivity index (χ4n) is 2.91. The Hall–Kier alpha value is -2.45. The van der Waals surface area contributed by atoms with Crippen LogP contribution in [0.2, 0.25) is 5.02 Å².